The van der Waals surface area contributed by atoms with E-state index in [2.05, 4.69) is 16.3 Å². The SMILES string of the molecule is Cl.O=[N+]([O-])c1cc(CN2CCNCC2c2cccc(Cl)c2)cs1. The summed E-state index contributed by atoms with van der Waals surface area (Å²) in [6.45, 7) is 3.39. The van der Waals surface area contributed by atoms with Crippen molar-refractivity contribution in [2.45, 2.75) is 12.6 Å². The Morgan fingerprint density at radius 2 is 2.26 bits per heavy atom. The van der Waals surface area contributed by atoms with Crippen LogP contribution in [0.5, 0.6) is 0 Å². The Hall–Kier alpha value is -1.18. The van der Waals surface area contributed by atoms with Gasteiger partial charge in [0.1, 0.15) is 0 Å². The van der Waals surface area contributed by atoms with E-state index in [1.54, 1.807) is 6.07 Å². The molecule has 1 aromatic carbocycles. The molecule has 124 valence electrons. The summed E-state index contributed by atoms with van der Waals surface area (Å²) in [4.78, 5) is 12.8. The predicted octanol–water partition coefficient (Wildman–Crippen LogP) is 3.88. The lowest BCUT2D eigenvalue weighted by atomic mass is 10.0. The average Bonchev–Trinajstić information content (AvgIpc) is 2.97. The largest absolute Gasteiger partial charge is 0.324 e. The highest BCUT2D eigenvalue weighted by atomic mass is 35.5. The molecule has 8 heteroatoms. The van der Waals surface area contributed by atoms with E-state index in [0.29, 0.717) is 6.54 Å². The maximum atomic E-state index is 10.8. The highest BCUT2D eigenvalue weighted by molar-refractivity contribution is 7.13. The van der Waals surface area contributed by atoms with E-state index in [4.69, 9.17) is 11.6 Å². The fourth-order valence-electron chi connectivity index (χ4n) is 2.75. The lowest BCUT2D eigenvalue weighted by molar-refractivity contribution is -0.380. The zero-order chi connectivity index (χ0) is 15.5. The summed E-state index contributed by atoms with van der Waals surface area (Å²) in [5.41, 5.74) is 2.16. The number of thiophene rings is 1. The standard InChI is InChI=1S/C15H16ClN3O2S.ClH/c16-13-3-1-2-12(7-13)14-8-17-4-5-18(14)9-11-6-15(19(20)21)22-10-11;/h1-3,6-7,10,14,17H,4-5,8-9H2;1H. The number of nitrogens with one attached hydrogen (secondary N) is 1. The fourth-order valence-corrected chi connectivity index (χ4v) is 3.67. The lowest BCUT2D eigenvalue weighted by Crippen LogP contribution is -2.45. The molecule has 2 heterocycles. The van der Waals surface area contributed by atoms with Crippen LogP contribution in [0.4, 0.5) is 5.00 Å². The van der Waals surface area contributed by atoms with Gasteiger partial charge in [-0.3, -0.25) is 15.0 Å². The van der Waals surface area contributed by atoms with Gasteiger partial charge in [0.25, 0.3) is 0 Å². The zero-order valence-corrected chi connectivity index (χ0v) is 14.7. The minimum Gasteiger partial charge on any atom is -0.314 e. The van der Waals surface area contributed by atoms with Gasteiger partial charge < -0.3 is 5.32 Å². The second kappa shape index (κ2) is 8.08. The van der Waals surface area contributed by atoms with Crippen LogP contribution in [0.1, 0.15) is 17.2 Å². The number of halogens is 2. The van der Waals surface area contributed by atoms with Gasteiger partial charge in [-0.1, -0.05) is 35.1 Å². The van der Waals surface area contributed by atoms with Crippen LogP contribution in [0, 0.1) is 10.1 Å². The van der Waals surface area contributed by atoms with E-state index in [1.807, 2.05) is 23.6 Å². The normalized spacial score (nSPS) is 18.4. The minimum atomic E-state index is -0.333. The average molecular weight is 374 g/mol. The van der Waals surface area contributed by atoms with Crippen molar-refractivity contribution in [2.75, 3.05) is 19.6 Å². The summed E-state index contributed by atoms with van der Waals surface area (Å²) < 4.78 is 0. The Balaban J connectivity index is 0.00000192. The van der Waals surface area contributed by atoms with Crippen molar-refractivity contribution in [3.63, 3.8) is 0 Å². The monoisotopic (exact) mass is 373 g/mol. The molecule has 2 aromatic rings. The van der Waals surface area contributed by atoms with Crippen molar-refractivity contribution >= 4 is 40.3 Å². The predicted molar refractivity (Wildman–Crippen MR) is 95.7 cm³/mol. The molecule has 23 heavy (non-hydrogen) atoms. The molecular formula is C15H17Cl2N3O2S. The second-order valence-corrected chi connectivity index (χ2v) is 6.62. The Kier molecular flexibility index (Phi) is 6.38. The van der Waals surface area contributed by atoms with Gasteiger partial charge in [0.15, 0.2) is 0 Å². The molecule has 1 aliphatic heterocycles. The molecule has 0 bridgehead atoms. The van der Waals surface area contributed by atoms with Crippen molar-refractivity contribution in [3.8, 4) is 0 Å². The number of rotatable bonds is 4. The van der Waals surface area contributed by atoms with Crippen LogP contribution in [0.25, 0.3) is 0 Å². The molecule has 0 amide bonds. The fraction of sp³-hybridized carbons (Fsp3) is 0.333. The Bertz CT molecular complexity index is 680. The smallest absolute Gasteiger partial charge is 0.314 e. The number of nitro groups is 1. The number of benzene rings is 1. The molecule has 0 aliphatic carbocycles. The molecule has 1 aromatic heterocycles. The van der Waals surface area contributed by atoms with E-state index in [0.717, 1.165) is 30.2 Å². The number of nitrogens with zero attached hydrogens (tertiary/aromatic N) is 2. The molecule has 1 atom stereocenters. The molecule has 0 saturated carbocycles. The van der Waals surface area contributed by atoms with Gasteiger partial charge in [0.05, 0.1) is 4.92 Å². The van der Waals surface area contributed by atoms with Crippen LogP contribution >= 0.6 is 35.3 Å². The van der Waals surface area contributed by atoms with E-state index >= 15 is 0 Å². The molecule has 1 N–H and O–H groups in total. The summed E-state index contributed by atoms with van der Waals surface area (Å²) in [5.74, 6) is 0. The van der Waals surface area contributed by atoms with Gasteiger partial charge in [-0.2, -0.15) is 0 Å². The first-order valence-corrected chi connectivity index (χ1v) is 8.31. The maximum absolute atomic E-state index is 10.8. The van der Waals surface area contributed by atoms with Crippen LogP contribution in [0.15, 0.2) is 35.7 Å². The van der Waals surface area contributed by atoms with Crippen LogP contribution in [0.2, 0.25) is 5.02 Å². The molecule has 0 radical (unpaired) electrons. The summed E-state index contributed by atoms with van der Waals surface area (Å²) in [5, 5.41) is 17.0. The highest BCUT2D eigenvalue weighted by Gasteiger charge is 2.24. The van der Waals surface area contributed by atoms with Crippen molar-refractivity contribution in [3.05, 3.63) is 62.0 Å². The zero-order valence-electron chi connectivity index (χ0n) is 12.3. The summed E-state index contributed by atoms with van der Waals surface area (Å²) in [6, 6.07) is 9.79. The van der Waals surface area contributed by atoms with E-state index in [1.165, 1.54) is 16.9 Å². The topological polar surface area (TPSA) is 58.4 Å². The number of hydrogen-bond donors (Lipinski definition) is 1. The van der Waals surface area contributed by atoms with E-state index in [9.17, 15) is 10.1 Å². The Morgan fingerprint density at radius 3 is 2.96 bits per heavy atom. The third kappa shape index (κ3) is 4.43. The number of piperazine rings is 1. The van der Waals surface area contributed by atoms with Gasteiger partial charge in [-0.15, -0.1) is 12.4 Å². The Labute approximate surface area is 149 Å². The summed E-state index contributed by atoms with van der Waals surface area (Å²) in [7, 11) is 0. The molecule has 1 unspecified atom stereocenters. The van der Waals surface area contributed by atoms with Crippen molar-refractivity contribution in [1.82, 2.24) is 10.2 Å². The third-order valence-electron chi connectivity index (χ3n) is 3.79. The van der Waals surface area contributed by atoms with Crippen LogP contribution < -0.4 is 5.32 Å². The van der Waals surface area contributed by atoms with Crippen molar-refractivity contribution in [2.24, 2.45) is 0 Å². The first kappa shape index (κ1) is 18.2. The highest BCUT2D eigenvalue weighted by Crippen LogP contribution is 2.29. The van der Waals surface area contributed by atoms with Crippen molar-refractivity contribution in [1.29, 1.82) is 0 Å². The van der Waals surface area contributed by atoms with Crippen LogP contribution in [0.3, 0.4) is 0 Å². The summed E-state index contributed by atoms with van der Waals surface area (Å²) in [6.07, 6.45) is 0. The second-order valence-electron chi connectivity index (χ2n) is 5.30. The first-order chi connectivity index (χ1) is 10.6. The molecular weight excluding hydrogens is 357 g/mol. The van der Waals surface area contributed by atoms with Crippen molar-refractivity contribution < 1.29 is 4.92 Å². The first-order valence-electron chi connectivity index (χ1n) is 7.05. The minimum absolute atomic E-state index is 0. The quantitative estimate of drug-likeness (QED) is 0.652. The van der Waals surface area contributed by atoms with Crippen LogP contribution in [-0.2, 0) is 6.54 Å². The molecule has 1 fully saturated rings. The van der Waals surface area contributed by atoms with Gasteiger partial charge in [-0.05, 0) is 23.3 Å². The van der Waals surface area contributed by atoms with E-state index in [-0.39, 0.29) is 28.4 Å². The van der Waals surface area contributed by atoms with Gasteiger partial charge in [0.2, 0.25) is 0 Å². The van der Waals surface area contributed by atoms with Gasteiger partial charge in [0, 0.05) is 48.7 Å². The Morgan fingerprint density at radius 1 is 1.43 bits per heavy atom. The molecule has 1 saturated heterocycles. The molecule has 5 nitrogen and oxygen atoms in total. The van der Waals surface area contributed by atoms with E-state index < -0.39 is 0 Å². The van der Waals surface area contributed by atoms with Crippen LogP contribution in [-0.4, -0.2) is 29.5 Å². The summed E-state index contributed by atoms with van der Waals surface area (Å²) >= 11 is 7.28. The molecule has 0 spiro atoms. The third-order valence-corrected chi connectivity index (χ3v) is 4.96. The van der Waals surface area contributed by atoms with Gasteiger partial charge in [-0.25, -0.2) is 0 Å². The number of hydrogen-bond acceptors (Lipinski definition) is 5. The maximum Gasteiger partial charge on any atom is 0.324 e. The molecule has 1 aliphatic rings. The molecule has 3 rings (SSSR count). The van der Waals surface area contributed by atoms with Gasteiger partial charge >= 0.3 is 5.00 Å². The lowest BCUT2D eigenvalue weighted by Gasteiger charge is -2.36.